The minimum absolute atomic E-state index is 0.680. The van der Waals surface area contributed by atoms with Crippen LogP contribution in [0.15, 0.2) is 18.2 Å². The van der Waals surface area contributed by atoms with E-state index in [1.54, 1.807) is 0 Å². The largest absolute Gasteiger partial charge is 0.186 e. The number of nitrogens with zero attached hydrogens (tertiary/aromatic N) is 1. The van der Waals surface area contributed by atoms with E-state index in [9.17, 15) is 0 Å². The first-order valence-corrected chi connectivity index (χ1v) is 5.72. The van der Waals surface area contributed by atoms with Crippen molar-refractivity contribution in [3.63, 3.8) is 0 Å². The third-order valence-electron chi connectivity index (χ3n) is 3.66. The summed E-state index contributed by atoms with van der Waals surface area (Å²) in [6, 6.07) is 7.27. The van der Waals surface area contributed by atoms with Crippen molar-refractivity contribution in [2.75, 3.05) is 5.43 Å². The fourth-order valence-corrected chi connectivity index (χ4v) is 2.75. The van der Waals surface area contributed by atoms with Crippen molar-refractivity contribution < 1.29 is 4.68 Å². The van der Waals surface area contributed by atoms with E-state index in [-0.39, 0.29) is 0 Å². The van der Waals surface area contributed by atoms with Crippen LogP contribution in [0.25, 0.3) is 0 Å². The molecule has 0 bridgehead atoms. The third kappa shape index (κ3) is 1.28. The van der Waals surface area contributed by atoms with Crippen molar-refractivity contribution in [2.45, 2.75) is 39.2 Å². The molecule has 3 rings (SSSR count). The first-order chi connectivity index (χ1) is 7.25. The summed E-state index contributed by atoms with van der Waals surface area (Å²) in [7, 11) is 0. The van der Waals surface area contributed by atoms with Crippen LogP contribution in [0.3, 0.4) is 0 Å². The molecule has 0 saturated heterocycles. The van der Waals surface area contributed by atoms with Crippen molar-refractivity contribution in [3.05, 3.63) is 29.3 Å². The van der Waals surface area contributed by atoms with E-state index in [1.807, 2.05) is 0 Å². The maximum absolute atomic E-state index is 3.57. The molecule has 2 aliphatic rings. The van der Waals surface area contributed by atoms with Gasteiger partial charge in [0.05, 0.1) is 0 Å². The van der Waals surface area contributed by atoms with Crippen molar-refractivity contribution in [2.24, 2.45) is 0 Å². The van der Waals surface area contributed by atoms with Crippen LogP contribution < -0.4 is 5.43 Å². The molecule has 78 valence electrons. The van der Waals surface area contributed by atoms with Gasteiger partial charge in [0.1, 0.15) is 5.69 Å². The van der Waals surface area contributed by atoms with E-state index in [1.165, 1.54) is 41.8 Å². The summed E-state index contributed by atoms with van der Waals surface area (Å²) >= 11 is 0. The normalized spacial score (nSPS) is 23.5. The number of rotatable bonds is 0. The lowest BCUT2D eigenvalue weighted by Crippen LogP contribution is -2.36. The second-order valence-corrected chi connectivity index (χ2v) is 4.72. The summed E-state index contributed by atoms with van der Waals surface area (Å²) in [5.74, 6) is 0. The average Bonchev–Trinajstić information content (AvgIpc) is 2.59. The molecule has 1 N–H and O–H groups in total. The van der Waals surface area contributed by atoms with Crippen LogP contribution in [0.2, 0.25) is 0 Å². The lowest BCUT2D eigenvalue weighted by molar-refractivity contribution is -0.532. The maximum Gasteiger partial charge on any atom is 0.186 e. The predicted molar refractivity (Wildman–Crippen MR) is 62.5 cm³/mol. The smallest absolute Gasteiger partial charge is 0.165 e. The number of benzene rings is 1. The lowest BCUT2D eigenvalue weighted by Gasteiger charge is -2.21. The van der Waals surface area contributed by atoms with Gasteiger partial charge in [0.2, 0.25) is 0 Å². The number of nitrogens with one attached hydrogen (secondary N) is 1. The van der Waals surface area contributed by atoms with E-state index in [4.69, 9.17) is 0 Å². The summed E-state index contributed by atoms with van der Waals surface area (Å²) in [4.78, 5) is 0. The first-order valence-electron chi connectivity index (χ1n) is 5.72. The summed E-state index contributed by atoms with van der Waals surface area (Å²) in [6.45, 7) is 4.41. The molecule has 2 heterocycles. The molecule has 0 saturated carbocycles. The van der Waals surface area contributed by atoms with Crippen LogP contribution in [0.1, 0.15) is 30.9 Å². The molecular weight excluding hydrogens is 184 g/mol. The predicted octanol–water partition coefficient (Wildman–Crippen LogP) is 2.51. The average molecular weight is 201 g/mol. The number of aryl methyl sites for hydroxylation is 1. The highest BCUT2D eigenvalue weighted by Gasteiger charge is 2.36. The molecule has 0 radical (unpaired) electrons. The minimum atomic E-state index is 0.680. The minimum Gasteiger partial charge on any atom is -0.165 e. The molecule has 1 unspecified atom stereocenters. The Hall–Kier alpha value is -1.31. The van der Waals surface area contributed by atoms with E-state index in [0.29, 0.717) is 6.04 Å². The van der Waals surface area contributed by atoms with E-state index < -0.39 is 0 Å². The summed E-state index contributed by atoms with van der Waals surface area (Å²) in [5.41, 5.74) is 9.21. The zero-order valence-corrected chi connectivity index (χ0v) is 9.38. The number of hydrazone groups is 1. The van der Waals surface area contributed by atoms with Gasteiger partial charge in [0.15, 0.2) is 11.8 Å². The fraction of sp³-hybridized carbons (Fsp3) is 0.462. The number of fused-ring (bicyclic) bond motifs is 2. The first kappa shape index (κ1) is 8.96. The Morgan fingerprint density at radius 3 is 3.07 bits per heavy atom. The van der Waals surface area contributed by atoms with E-state index >= 15 is 0 Å². The summed E-state index contributed by atoms with van der Waals surface area (Å²) in [5, 5.41) is 0. The Morgan fingerprint density at radius 1 is 1.33 bits per heavy atom. The van der Waals surface area contributed by atoms with Gasteiger partial charge in [-0.2, -0.15) is 5.43 Å². The van der Waals surface area contributed by atoms with Gasteiger partial charge >= 0.3 is 0 Å². The number of para-hydroxylation sites is 1. The van der Waals surface area contributed by atoms with Crippen LogP contribution in [0.4, 0.5) is 5.69 Å². The highest BCUT2D eigenvalue weighted by molar-refractivity contribution is 5.79. The van der Waals surface area contributed by atoms with Crippen LogP contribution >= 0.6 is 0 Å². The second kappa shape index (κ2) is 3.09. The Morgan fingerprint density at radius 2 is 2.20 bits per heavy atom. The Balaban J connectivity index is 2.09. The van der Waals surface area contributed by atoms with Gasteiger partial charge in [0, 0.05) is 26.2 Å². The van der Waals surface area contributed by atoms with Crippen LogP contribution in [-0.2, 0) is 6.42 Å². The van der Waals surface area contributed by atoms with Gasteiger partial charge in [0.25, 0.3) is 0 Å². The molecule has 1 aromatic rings. The number of anilines is 1. The standard InChI is InChI=1S/C13H17N2/c1-9-4-3-5-11-8-12-7-6-10(2)15(12)14-13(9)11/h3-5,12,14H,6-8H2,1-2H3/q+1. The van der Waals surface area contributed by atoms with Gasteiger partial charge in [-0.25, -0.2) is 0 Å². The van der Waals surface area contributed by atoms with Gasteiger partial charge in [-0.05, 0) is 18.1 Å². The molecule has 0 aliphatic carbocycles. The van der Waals surface area contributed by atoms with E-state index in [0.717, 1.165) is 0 Å². The van der Waals surface area contributed by atoms with Gasteiger partial charge in [-0.3, -0.25) is 0 Å². The van der Waals surface area contributed by atoms with Crippen LogP contribution in [0.5, 0.6) is 0 Å². The molecule has 0 spiro atoms. The van der Waals surface area contributed by atoms with Crippen LogP contribution in [-0.4, -0.2) is 16.4 Å². The lowest BCUT2D eigenvalue weighted by atomic mass is 9.98. The molecule has 0 fully saturated rings. The van der Waals surface area contributed by atoms with Crippen molar-refractivity contribution >= 4 is 11.4 Å². The monoisotopic (exact) mass is 201 g/mol. The molecule has 2 nitrogen and oxygen atoms in total. The highest BCUT2D eigenvalue weighted by Crippen LogP contribution is 2.30. The quantitative estimate of drug-likeness (QED) is 0.637. The molecule has 1 atom stereocenters. The molecule has 2 heteroatoms. The Kier molecular flexibility index (Phi) is 1.84. The fourth-order valence-electron chi connectivity index (χ4n) is 2.75. The Bertz CT molecular complexity index is 446. The highest BCUT2D eigenvalue weighted by atomic mass is 15.5. The SMILES string of the molecule is CC1=[N+]2Nc3c(C)cccc3CC2CC1. The molecule has 1 aromatic carbocycles. The number of hydrogen-bond acceptors (Lipinski definition) is 1. The Labute approximate surface area is 90.6 Å². The number of hydrogen-bond donors (Lipinski definition) is 1. The second-order valence-electron chi connectivity index (χ2n) is 4.72. The summed E-state index contributed by atoms with van der Waals surface area (Å²) < 4.78 is 2.37. The number of hydrazine groups is 1. The zero-order valence-electron chi connectivity index (χ0n) is 9.38. The third-order valence-corrected chi connectivity index (χ3v) is 3.66. The van der Waals surface area contributed by atoms with Gasteiger partial charge in [-0.1, -0.05) is 18.2 Å². The van der Waals surface area contributed by atoms with E-state index in [2.05, 4.69) is 42.2 Å². The maximum atomic E-state index is 3.57. The molecule has 2 aliphatic heterocycles. The van der Waals surface area contributed by atoms with Crippen molar-refractivity contribution in [1.29, 1.82) is 0 Å². The summed E-state index contributed by atoms with van der Waals surface area (Å²) in [6.07, 6.45) is 3.73. The van der Waals surface area contributed by atoms with Gasteiger partial charge < -0.3 is 0 Å². The molecular formula is C13H17N2+. The van der Waals surface area contributed by atoms with Crippen LogP contribution in [0, 0.1) is 6.92 Å². The molecule has 0 aromatic heterocycles. The zero-order chi connectivity index (χ0) is 10.4. The topological polar surface area (TPSA) is 15.0 Å². The van der Waals surface area contributed by atoms with Crippen molar-refractivity contribution in [1.82, 2.24) is 0 Å². The van der Waals surface area contributed by atoms with Gasteiger partial charge in [-0.15, -0.1) is 4.68 Å². The van der Waals surface area contributed by atoms with Crippen molar-refractivity contribution in [3.8, 4) is 0 Å². The molecule has 15 heavy (non-hydrogen) atoms. The molecule has 0 amide bonds.